The first-order valence-electron chi connectivity index (χ1n) is 6.33. The van der Waals surface area contributed by atoms with Crippen molar-refractivity contribution in [1.29, 1.82) is 0 Å². The van der Waals surface area contributed by atoms with E-state index in [1.54, 1.807) is 13.0 Å². The van der Waals surface area contributed by atoms with Crippen LogP contribution in [-0.2, 0) is 10.0 Å². The fraction of sp³-hybridized carbons (Fsp3) is 0.0769. The van der Waals surface area contributed by atoms with E-state index in [0.29, 0.717) is 11.1 Å². The van der Waals surface area contributed by atoms with E-state index in [0.717, 1.165) is 17.7 Å². The summed E-state index contributed by atoms with van der Waals surface area (Å²) < 4.78 is 26.9. The molecular weight excluding hydrogens is 362 g/mol. The van der Waals surface area contributed by atoms with Crippen molar-refractivity contribution in [3.8, 4) is 0 Å². The van der Waals surface area contributed by atoms with E-state index in [1.807, 2.05) is 0 Å². The largest absolute Gasteiger partial charge is 0.296 e. The van der Waals surface area contributed by atoms with Crippen LogP contribution in [0.3, 0.4) is 0 Å². The normalized spacial score (nSPS) is 11.1. The smallest absolute Gasteiger partial charge is 0.279 e. The number of halogens is 1. The maximum absolute atomic E-state index is 12.4. The predicted molar refractivity (Wildman–Crippen MR) is 86.7 cm³/mol. The van der Waals surface area contributed by atoms with Gasteiger partial charge in [-0.15, -0.1) is 0 Å². The number of nitro groups is 2. The quantitative estimate of drug-likeness (QED) is 0.633. The summed E-state index contributed by atoms with van der Waals surface area (Å²) >= 11 is 5.91. The lowest BCUT2D eigenvalue weighted by molar-refractivity contribution is -0.396. The van der Waals surface area contributed by atoms with Crippen molar-refractivity contribution in [3.63, 3.8) is 0 Å². The van der Waals surface area contributed by atoms with Crippen LogP contribution in [-0.4, -0.2) is 18.3 Å². The van der Waals surface area contributed by atoms with Crippen LogP contribution in [0.1, 0.15) is 5.56 Å². The number of anilines is 1. The predicted octanol–water partition coefficient (Wildman–Crippen LogP) is 3.27. The first kappa shape index (κ1) is 17.6. The molecule has 0 unspecified atom stereocenters. The zero-order valence-electron chi connectivity index (χ0n) is 12.1. The van der Waals surface area contributed by atoms with Crippen molar-refractivity contribution < 1.29 is 18.3 Å². The minimum Gasteiger partial charge on any atom is -0.279 e. The molecule has 0 saturated heterocycles. The molecule has 0 aliphatic carbocycles. The molecule has 0 radical (unpaired) electrons. The third kappa shape index (κ3) is 3.60. The highest BCUT2D eigenvalue weighted by Gasteiger charge is 2.28. The van der Waals surface area contributed by atoms with E-state index in [2.05, 4.69) is 4.72 Å². The summed E-state index contributed by atoms with van der Waals surface area (Å²) in [5, 5.41) is 22.1. The molecule has 126 valence electrons. The van der Waals surface area contributed by atoms with Gasteiger partial charge in [0.2, 0.25) is 0 Å². The van der Waals surface area contributed by atoms with Crippen molar-refractivity contribution in [2.75, 3.05) is 4.72 Å². The van der Waals surface area contributed by atoms with Gasteiger partial charge in [0.25, 0.3) is 21.4 Å². The molecule has 0 fully saturated rings. The van der Waals surface area contributed by atoms with E-state index in [9.17, 15) is 28.6 Å². The molecule has 11 heteroatoms. The SMILES string of the molecule is Cc1ccc(NS(=O)(=O)c2ccc([N+](=O)[O-])cc2[N+](=O)[O-])cc1Cl. The second-order valence-corrected chi connectivity index (χ2v) is 6.79. The van der Waals surface area contributed by atoms with Crippen molar-refractivity contribution in [2.24, 2.45) is 0 Å². The Morgan fingerprint density at radius 2 is 1.71 bits per heavy atom. The van der Waals surface area contributed by atoms with E-state index >= 15 is 0 Å². The van der Waals surface area contributed by atoms with Gasteiger partial charge in [0, 0.05) is 11.1 Å². The first-order valence-corrected chi connectivity index (χ1v) is 8.20. The van der Waals surface area contributed by atoms with Crippen molar-refractivity contribution in [3.05, 3.63) is 67.2 Å². The molecule has 2 aromatic carbocycles. The summed E-state index contributed by atoms with van der Waals surface area (Å²) in [6, 6.07) is 6.65. The maximum atomic E-state index is 12.4. The second-order valence-electron chi connectivity index (χ2n) is 4.74. The molecule has 0 bridgehead atoms. The number of rotatable bonds is 5. The average molecular weight is 372 g/mol. The van der Waals surface area contributed by atoms with Crippen LogP contribution in [0.5, 0.6) is 0 Å². The van der Waals surface area contributed by atoms with Crippen molar-refractivity contribution in [2.45, 2.75) is 11.8 Å². The summed E-state index contributed by atoms with van der Waals surface area (Å²) in [6.07, 6.45) is 0. The number of hydrogen-bond donors (Lipinski definition) is 1. The fourth-order valence-electron chi connectivity index (χ4n) is 1.86. The van der Waals surface area contributed by atoms with Crippen LogP contribution in [0.2, 0.25) is 5.02 Å². The minimum atomic E-state index is -4.33. The molecule has 1 N–H and O–H groups in total. The molecule has 9 nitrogen and oxygen atoms in total. The van der Waals surface area contributed by atoms with Crippen LogP contribution in [0.15, 0.2) is 41.3 Å². The molecule has 0 heterocycles. The first-order chi connectivity index (χ1) is 11.1. The van der Waals surface area contributed by atoms with Gasteiger partial charge in [-0.05, 0) is 30.7 Å². The molecule has 0 saturated carbocycles. The lowest BCUT2D eigenvalue weighted by Gasteiger charge is -2.09. The van der Waals surface area contributed by atoms with Crippen LogP contribution >= 0.6 is 11.6 Å². The minimum absolute atomic E-state index is 0.109. The Labute approximate surface area is 141 Å². The molecule has 24 heavy (non-hydrogen) atoms. The maximum Gasteiger partial charge on any atom is 0.296 e. The summed E-state index contributed by atoms with van der Waals surface area (Å²) in [4.78, 5) is 19.2. The Kier molecular flexibility index (Phi) is 4.71. The molecular formula is C13H10ClN3O6S. The number of benzene rings is 2. The monoisotopic (exact) mass is 371 g/mol. The van der Waals surface area contributed by atoms with Crippen molar-refractivity contribution in [1.82, 2.24) is 0 Å². The topological polar surface area (TPSA) is 132 Å². The summed E-state index contributed by atoms with van der Waals surface area (Å²) in [5.41, 5.74) is -0.645. The van der Waals surface area contributed by atoms with E-state index < -0.39 is 36.1 Å². The Morgan fingerprint density at radius 3 is 2.25 bits per heavy atom. The molecule has 0 aliphatic rings. The van der Waals surface area contributed by atoms with E-state index in [-0.39, 0.29) is 5.69 Å². The van der Waals surface area contributed by atoms with Gasteiger partial charge in [-0.2, -0.15) is 0 Å². The number of nitro benzene ring substituents is 2. The van der Waals surface area contributed by atoms with Gasteiger partial charge >= 0.3 is 0 Å². The standard InChI is InChI=1S/C13H10ClN3O6S/c1-8-2-3-9(6-11(8)14)15-24(22,23)13-5-4-10(16(18)19)7-12(13)17(20)21/h2-7,15H,1H3. The molecule has 0 atom stereocenters. The molecule has 0 amide bonds. The zero-order chi connectivity index (χ0) is 18.1. The number of aryl methyl sites for hydroxylation is 1. The number of hydrogen-bond acceptors (Lipinski definition) is 6. The second kappa shape index (κ2) is 6.42. The molecule has 0 aromatic heterocycles. The highest BCUT2D eigenvalue weighted by atomic mass is 35.5. The number of sulfonamides is 1. The lowest BCUT2D eigenvalue weighted by atomic mass is 10.2. The molecule has 2 rings (SSSR count). The summed E-state index contributed by atoms with van der Waals surface area (Å²) in [5.74, 6) is 0. The Bertz CT molecular complexity index is 945. The summed E-state index contributed by atoms with van der Waals surface area (Å²) in [6.45, 7) is 1.72. The third-order valence-corrected chi connectivity index (χ3v) is 4.90. The average Bonchev–Trinajstić information content (AvgIpc) is 2.50. The van der Waals surface area contributed by atoms with Gasteiger partial charge < -0.3 is 0 Å². The van der Waals surface area contributed by atoms with Gasteiger partial charge in [0.05, 0.1) is 21.6 Å². The van der Waals surface area contributed by atoms with Crippen LogP contribution in [0.25, 0.3) is 0 Å². The highest BCUT2D eigenvalue weighted by molar-refractivity contribution is 7.92. The van der Waals surface area contributed by atoms with Gasteiger partial charge in [0.15, 0.2) is 4.90 Å². The fourth-order valence-corrected chi connectivity index (χ4v) is 3.24. The zero-order valence-corrected chi connectivity index (χ0v) is 13.7. The number of nitrogens with zero attached hydrogens (tertiary/aromatic N) is 2. The van der Waals surface area contributed by atoms with Crippen LogP contribution in [0.4, 0.5) is 17.1 Å². The van der Waals surface area contributed by atoms with Crippen molar-refractivity contribution >= 4 is 38.7 Å². The summed E-state index contributed by atoms with van der Waals surface area (Å²) in [7, 11) is -4.33. The van der Waals surface area contributed by atoms with Crippen LogP contribution < -0.4 is 4.72 Å². The lowest BCUT2D eigenvalue weighted by Crippen LogP contribution is -2.15. The van der Waals surface area contributed by atoms with Gasteiger partial charge in [-0.25, -0.2) is 8.42 Å². The third-order valence-electron chi connectivity index (χ3n) is 3.06. The number of non-ortho nitro benzene ring substituents is 1. The molecule has 0 aliphatic heterocycles. The van der Waals surface area contributed by atoms with Gasteiger partial charge in [0.1, 0.15) is 0 Å². The molecule has 0 spiro atoms. The Morgan fingerprint density at radius 1 is 1.04 bits per heavy atom. The van der Waals surface area contributed by atoms with E-state index in [4.69, 9.17) is 11.6 Å². The number of nitrogens with one attached hydrogen (secondary N) is 1. The van der Waals surface area contributed by atoms with Crippen LogP contribution in [0, 0.1) is 27.2 Å². The van der Waals surface area contributed by atoms with Gasteiger partial charge in [-0.3, -0.25) is 25.0 Å². The Hall–Kier alpha value is -2.72. The van der Waals surface area contributed by atoms with E-state index in [1.165, 1.54) is 12.1 Å². The highest BCUT2D eigenvalue weighted by Crippen LogP contribution is 2.30. The Balaban J connectivity index is 2.50. The van der Waals surface area contributed by atoms with Gasteiger partial charge in [-0.1, -0.05) is 17.7 Å². The molecule has 2 aromatic rings.